The minimum atomic E-state index is 0.0585. The van der Waals surface area contributed by atoms with Crippen LogP contribution < -0.4 is 14.8 Å². The van der Waals surface area contributed by atoms with Crippen molar-refractivity contribution in [2.45, 2.75) is 38.3 Å². The number of methoxy groups -OCH3 is 1. The fourth-order valence-electron chi connectivity index (χ4n) is 2.40. The molecule has 1 fully saturated rings. The number of hydrogen-bond donors (Lipinski definition) is 1. The number of ether oxygens (including phenoxy) is 2. The second kappa shape index (κ2) is 6.44. The molecule has 1 aliphatic heterocycles. The van der Waals surface area contributed by atoms with E-state index in [0.717, 1.165) is 13.0 Å². The summed E-state index contributed by atoms with van der Waals surface area (Å²) in [7, 11) is 1.61. The maximum atomic E-state index is 8.95. The number of rotatable bonds is 4. The molecule has 1 aromatic carbocycles. The van der Waals surface area contributed by atoms with Crippen LogP contribution in [-0.4, -0.2) is 25.8 Å². The van der Waals surface area contributed by atoms with Crippen LogP contribution in [0.5, 0.6) is 11.5 Å². The van der Waals surface area contributed by atoms with Gasteiger partial charge in [-0.3, -0.25) is 0 Å². The van der Waals surface area contributed by atoms with Gasteiger partial charge >= 0.3 is 0 Å². The van der Waals surface area contributed by atoms with Gasteiger partial charge in [-0.15, -0.1) is 0 Å². The molecule has 0 aromatic heterocycles. The van der Waals surface area contributed by atoms with Crippen molar-refractivity contribution in [1.29, 1.82) is 5.26 Å². The number of nitrogens with zero attached hydrogens (tertiary/aromatic N) is 1. The van der Waals surface area contributed by atoms with Crippen molar-refractivity contribution in [3.05, 3.63) is 23.8 Å². The molecule has 0 aliphatic carbocycles. The Hall–Kier alpha value is -1.73. The van der Waals surface area contributed by atoms with E-state index in [1.807, 2.05) is 0 Å². The second-order valence-electron chi connectivity index (χ2n) is 4.86. The topological polar surface area (TPSA) is 54.3 Å². The Bertz CT molecular complexity index is 462. The Morgan fingerprint density at radius 1 is 1.37 bits per heavy atom. The zero-order valence-electron chi connectivity index (χ0n) is 11.5. The minimum Gasteiger partial charge on any atom is -0.493 e. The monoisotopic (exact) mass is 260 g/mol. The molecule has 2 rings (SSSR count). The third-order valence-corrected chi connectivity index (χ3v) is 3.52. The average Bonchev–Trinajstić information content (AvgIpc) is 2.48. The third-order valence-electron chi connectivity index (χ3n) is 3.52. The van der Waals surface area contributed by atoms with Crippen LogP contribution >= 0.6 is 0 Å². The molecule has 0 radical (unpaired) electrons. The molecule has 0 spiro atoms. The highest BCUT2D eigenvalue weighted by atomic mass is 16.5. The van der Waals surface area contributed by atoms with Crippen molar-refractivity contribution in [2.24, 2.45) is 0 Å². The van der Waals surface area contributed by atoms with Gasteiger partial charge in [-0.25, -0.2) is 0 Å². The summed E-state index contributed by atoms with van der Waals surface area (Å²) in [6.45, 7) is 3.11. The van der Waals surface area contributed by atoms with Gasteiger partial charge in [0.05, 0.1) is 18.7 Å². The Morgan fingerprint density at radius 2 is 2.21 bits per heavy atom. The van der Waals surface area contributed by atoms with Crippen LogP contribution in [0.1, 0.15) is 31.7 Å². The standard InChI is InChI=1S/C15H20N2O2/c1-11(13-5-3-4-8-17-13)19-15-9-12(10-16)6-7-14(15)18-2/h6-7,9,11,13,17H,3-5,8H2,1-2H3. The van der Waals surface area contributed by atoms with E-state index in [2.05, 4.69) is 18.3 Å². The van der Waals surface area contributed by atoms with E-state index < -0.39 is 0 Å². The summed E-state index contributed by atoms with van der Waals surface area (Å²) in [5.41, 5.74) is 0.583. The van der Waals surface area contributed by atoms with Gasteiger partial charge < -0.3 is 14.8 Å². The molecule has 1 saturated heterocycles. The first kappa shape index (κ1) is 13.7. The molecule has 4 heteroatoms. The van der Waals surface area contributed by atoms with Gasteiger partial charge in [0.15, 0.2) is 11.5 Å². The number of hydrogen-bond acceptors (Lipinski definition) is 4. The maximum Gasteiger partial charge on any atom is 0.162 e. The van der Waals surface area contributed by atoms with E-state index >= 15 is 0 Å². The highest BCUT2D eigenvalue weighted by molar-refractivity contribution is 5.46. The zero-order chi connectivity index (χ0) is 13.7. The lowest BCUT2D eigenvalue weighted by atomic mass is 10.0. The van der Waals surface area contributed by atoms with E-state index in [1.165, 1.54) is 12.8 Å². The van der Waals surface area contributed by atoms with Crippen molar-refractivity contribution in [1.82, 2.24) is 5.32 Å². The van der Waals surface area contributed by atoms with Crippen molar-refractivity contribution < 1.29 is 9.47 Å². The molecule has 2 unspecified atom stereocenters. The van der Waals surface area contributed by atoms with E-state index in [9.17, 15) is 0 Å². The molecule has 19 heavy (non-hydrogen) atoms. The Morgan fingerprint density at radius 3 is 2.84 bits per heavy atom. The summed E-state index contributed by atoms with van der Waals surface area (Å²) in [5, 5.41) is 12.4. The average molecular weight is 260 g/mol. The van der Waals surface area contributed by atoms with Crippen molar-refractivity contribution >= 4 is 0 Å². The molecular weight excluding hydrogens is 240 g/mol. The first-order valence-corrected chi connectivity index (χ1v) is 6.72. The normalized spacial score (nSPS) is 20.4. The van der Waals surface area contributed by atoms with Gasteiger partial charge in [0.25, 0.3) is 0 Å². The maximum absolute atomic E-state index is 8.95. The Kier molecular flexibility index (Phi) is 4.64. The lowest BCUT2D eigenvalue weighted by molar-refractivity contribution is 0.148. The molecule has 1 aliphatic rings. The van der Waals surface area contributed by atoms with Gasteiger partial charge in [0.2, 0.25) is 0 Å². The van der Waals surface area contributed by atoms with Gasteiger partial charge in [-0.05, 0) is 38.4 Å². The van der Waals surface area contributed by atoms with Crippen LogP contribution in [-0.2, 0) is 0 Å². The summed E-state index contributed by atoms with van der Waals surface area (Å²) >= 11 is 0. The second-order valence-corrected chi connectivity index (χ2v) is 4.86. The zero-order valence-corrected chi connectivity index (χ0v) is 11.5. The van der Waals surface area contributed by atoms with E-state index in [4.69, 9.17) is 14.7 Å². The predicted octanol–water partition coefficient (Wildman–Crippen LogP) is 2.48. The molecular formula is C15H20N2O2. The van der Waals surface area contributed by atoms with E-state index in [1.54, 1.807) is 25.3 Å². The molecule has 1 N–H and O–H groups in total. The van der Waals surface area contributed by atoms with Crippen LogP contribution in [0.3, 0.4) is 0 Å². The van der Waals surface area contributed by atoms with Gasteiger partial charge in [-0.2, -0.15) is 5.26 Å². The summed E-state index contributed by atoms with van der Waals surface area (Å²) in [6, 6.07) is 7.72. The molecule has 1 heterocycles. The SMILES string of the molecule is COc1ccc(C#N)cc1OC(C)C1CCCCN1. The molecule has 2 atom stereocenters. The van der Waals surface area contributed by atoms with Crippen molar-refractivity contribution in [2.75, 3.05) is 13.7 Å². The van der Waals surface area contributed by atoms with Crippen molar-refractivity contribution in [3.8, 4) is 17.6 Å². The smallest absolute Gasteiger partial charge is 0.162 e. The highest BCUT2D eigenvalue weighted by Crippen LogP contribution is 2.29. The van der Waals surface area contributed by atoms with Crippen LogP contribution in [0, 0.1) is 11.3 Å². The minimum absolute atomic E-state index is 0.0585. The first-order valence-electron chi connectivity index (χ1n) is 6.72. The number of benzene rings is 1. The van der Waals surface area contributed by atoms with Crippen LogP contribution in [0.25, 0.3) is 0 Å². The molecule has 1 aromatic rings. The number of nitriles is 1. The van der Waals surface area contributed by atoms with E-state index in [0.29, 0.717) is 23.1 Å². The largest absolute Gasteiger partial charge is 0.493 e. The molecule has 0 bridgehead atoms. The lowest BCUT2D eigenvalue weighted by Crippen LogP contribution is -2.44. The quantitative estimate of drug-likeness (QED) is 0.903. The summed E-state index contributed by atoms with van der Waals surface area (Å²) in [4.78, 5) is 0. The molecule has 102 valence electrons. The molecule has 0 saturated carbocycles. The number of piperidine rings is 1. The Labute approximate surface area is 114 Å². The Balaban J connectivity index is 2.10. The summed E-state index contributed by atoms with van der Waals surface area (Å²) < 4.78 is 11.3. The van der Waals surface area contributed by atoms with Gasteiger partial charge in [-0.1, -0.05) is 6.42 Å². The summed E-state index contributed by atoms with van der Waals surface area (Å²) in [5.74, 6) is 1.31. The van der Waals surface area contributed by atoms with Crippen molar-refractivity contribution in [3.63, 3.8) is 0 Å². The van der Waals surface area contributed by atoms with Gasteiger partial charge in [0, 0.05) is 12.1 Å². The van der Waals surface area contributed by atoms with E-state index in [-0.39, 0.29) is 6.10 Å². The fourth-order valence-corrected chi connectivity index (χ4v) is 2.40. The lowest BCUT2D eigenvalue weighted by Gasteiger charge is -2.29. The van der Waals surface area contributed by atoms with Crippen LogP contribution in [0.4, 0.5) is 0 Å². The third kappa shape index (κ3) is 3.39. The van der Waals surface area contributed by atoms with Crippen LogP contribution in [0.15, 0.2) is 18.2 Å². The summed E-state index contributed by atoms with van der Waals surface area (Å²) in [6.07, 6.45) is 3.65. The molecule has 4 nitrogen and oxygen atoms in total. The predicted molar refractivity (Wildman–Crippen MR) is 73.4 cm³/mol. The highest BCUT2D eigenvalue weighted by Gasteiger charge is 2.22. The molecule has 0 amide bonds. The first-order chi connectivity index (χ1) is 9.24. The number of nitrogens with one attached hydrogen (secondary N) is 1. The van der Waals surface area contributed by atoms with Crippen LogP contribution in [0.2, 0.25) is 0 Å². The fraction of sp³-hybridized carbons (Fsp3) is 0.533. The van der Waals surface area contributed by atoms with Gasteiger partial charge in [0.1, 0.15) is 6.10 Å².